The molecule has 80 heavy (non-hydrogen) atoms. The highest BCUT2D eigenvalue weighted by Gasteiger charge is 2.27. The lowest BCUT2D eigenvalue weighted by molar-refractivity contribution is 0.0932. The molecule has 0 unspecified atom stereocenters. The average molecular weight is 1060 g/mol. The first kappa shape index (κ1) is 52.2. The van der Waals surface area contributed by atoms with Crippen LogP contribution in [0.25, 0.3) is 44.3 Å². The molecule has 2 aliphatic carbocycles. The van der Waals surface area contributed by atoms with Crippen molar-refractivity contribution in [2.75, 3.05) is 11.5 Å². The summed E-state index contributed by atoms with van der Waals surface area (Å²) >= 11 is 0. The van der Waals surface area contributed by atoms with Crippen LogP contribution >= 0.6 is 0 Å². The van der Waals surface area contributed by atoms with Crippen molar-refractivity contribution >= 4 is 56.4 Å². The van der Waals surface area contributed by atoms with E-state index < -0.39 is 23.9 Å². The third-order valence-corrected chi connectivity index (χ3v) is 14.9. The molecule has 6 aromatic heterocycles. The van der Waals surface area contributed by atoms with E-state index in [1.54, 1.807) is 53.0 Å². The number of nitrogens with one attached hydrogen (secondary N) is 2. The number of aromatic nitrogens is 9. The number of anilines is 2. The van der Waals surface area contributed by atoms with E-state index in [1.807, 2.05) is 110 Å². The number of nitrogen functional groups attached to an aromatic ring is 2. The van der Waals surface area contributed by atoms with Gasteiger partial charge < -0.3 is 22.1 Å². The molecule has 2 aliphatic rings. The maximum absolute atomic E-state index is 14.2. The highest BCUT2D eigenvalue weighted by molar-refractivity contribution is 6.05. The molecular formula is C63H59N13O4. The zero-order valence-electron chi connectivity index (χ0n) is 44.5. The highest BCUT2D eigenvalue weighted by atomic mass is 16.2. The second-order valence-electron chi connectivity index (χ2n) is 20.4. The van der Waals surface area contributed by atoms with E-state index in [-0.39, 0.29) is 33.9 Å². The maximum Gasteiger partial charge on any atom is 0.267 e. The minimum absolute atomic E-state index is 0.0662. The summed E-state index contributed by atoms with van der Waals surface area (Å²) in [5, 5.41) is 16.2. The Morgan fingerprint density at radius 1 is 0.575 bits per heavy atom. The van der Waals surface area contributed by atoms with Crippen LogP contribution in [0.5, 0.6) is 0 Å². The number of fused-ring (bicyclic) bond motifs is 4. The minimum Gasteiger partial charge on any atom is -0.381 e. The van der Waals surface area contributed by atoms with Gasteiger partial charge in [0, 0.05) is 59.1 Å². The third kappa shape index (κ3) is 10.6. The van der Waals surface area contributed by atoms with Crippen LogP contribution in [0.3, 0.4) is 0 Å². The van der Waals surface area contributed by atoms with Gasteiger partial charge in [0.2, 0.25) is 0 Å². The molecule has 4 aromatic carbocycles. The summed E-state index contributed by atoms with van der Waals surface area (Å²) < 4.78 is 6.15. The van der Waals surface area contributed by atoms with E-state index in [2.05, 4.69) is 54.5 Å². The average Bonchev–Trinajstić information content (AvgIpc) is 4.10. The van der Waals surface area contributed by atoms with Gasteiger partial charge in [0.05, 0.1) is 34.1 Å². The lowest BCUT2D eigenvalue weighted by Crippen LogP contribution is -2.33. The monoisotopic (exact) mass is 1060 g/mol. The summed E-state index contributed by atoms with van der Waals surface area (Å²) in [6.07, 6.45) is 18.3. The standard InChI is InChI=1S/C32H30N6O2.C31H29N7O2/c1-21(35-31(39)28-29(33)36-37-19-9-18-34-30(28)37)26-20-24-13-8-12-23(17-16-22-10-4-2-5-11-22)27(24)32(40)38(26)25-14-6-3-7-15-25;1-20(34-30(39)26-27(32)36-37-19-9-18-33-29(26)37)28-35-24-15-8-12-22(17-16-21-10-4-2-5-11-21)25(24)31(40)38(28)23-13-6-3-7-14-23/h3,6-9,12-15,18-22H,2,4-5,10-11H2,1H3,(H2,33,36)(H,35,39);3,6-9,12-15,18-21H,2,4-5,10-11H2,1H3,(H2,32,36)(H,34,39)/t21-;20-/m00/s1. The van der Waals surface area contributed by atoms with E-state index in [1.165, 1.54) is 47.6 Å². The molecule has 0 spiro atoms. The minimum atomic E-state index is -0.653. The van der Waals surface area contributed by atoms with E-state index in [9.17, 15) is 19.2 Å². The number of hydrogen-bond acceptors (Lipinski definition) is 11. The van der Waals surface area contributed by atoms with Gasteiger partial charge in [-0.25, -0.2) is 24.0 Å². The lowest BCUT2D eigenvalue weighted by Gasteiger charge is -2.21. The van der Waals surface area contributed by atoms with Gasteiger partial charge in [0.1, 0.15) is 17.0 Å². The van der Waals surface area contributed by atoms with Crippen LogP contribution in [0, 0.1) is 35.5 Å². The van der Waals surface area contributed by atoms with Crippen LogP contribution in [0.4, 0.5) is 11.6 Å². The molecular weight excluding hydrogens is 1000 g/mol. The number of nitrogens with two attached hydrogens (primary N) is 2. The molecule has 10 aromatic rings. The van der Waals surface area contributed by atoms with Crippen molar-refractivity contribution in [3.63, 3.8) is 0 Å². The lowest BCUT2D eigenvalue weighted by atomic mass is 9.89. The second-order valence-corrected chi connectivity index (χ2v) is 20.4. The van der Waals surface area contributed by atoms with Gasteiger partial charge >= 0.3 is 0 Å². The molecule has 17 heteroatoms. The molecule has 6 heterocycles. The smallest absolute Gasteiger partial charge is 0.267 e. The number of amides is 2. The van der Waals surface area contributed by atoms with Crippen molar-refractivity contribution in [1.29, 1.82) is 0 Å². The molecule has 12 rings (SSSR count). The van der Waals surface area contributed by atoms with E-state index in [0.29, 0.717) is 67.9 Å². The topological polar surface area (TPSA) is 228 Å². The van der Waals surface area contributed by atoms with Crippen molar-refractivity contribution in [1.82, 2.24) is 53.9 Å². The van der Waals surface area contributed by atoms with Gasteiger partial charge in [-0.1, -0.05) is 117 Å². The summed E-state index contributed by atoms with van der Waals surface area (Å²) in [6.45, 7) is 3.63. The van der Waals surface area contributed by atoms with E-state index in [0.717, 1.165) is 36.6 Å². The molecule has 0 aliphatic heterocycles. The SMILES string of the molecule is C[C@H](NC(=O)c1c(N)nn2cccnc12)c1cc2cccc(C#CC3CCCCC3)c2c(=O)n1-c1ccccc1.C[C@H](NC(=O)c1c(N)nn2cccnc12)c1nc2cccc(C#CC3CCCCC3)c2c(=O)n1-c1ccccc1. The predicted octanol–water partition coefficient (Wildman–Crippen LogP) is 9.47. The Bertz CT molecular complexity index is 3950. The Morgan fingerprint density at radius 2 is 1.06 bits per heavy atom. The quantitative estimate of drug-likeness (QED) is 0.105. The second kappa shape index (κ2) is 23.0. The number of nitrogens with zero attached hydrogens (tertiary/aromatic N) is 9. The Labute approximate surface area is 461 Å². The fourth-order valence-corrected chi connectivity index (χ4v) is 10.9. The summed E-state index contributed by atoms with van der Waals surface area (Å²) in [4.78, 5) is 68.6. The number of carbonyl (C=O) groups is 2. The molecule has 2 amide bonds. The normalized spacial score (nSPS) is 14.5. The maximum atomic E-state index is 14.2. The fourth-order valence-electron chi connectivity index (χ4n) is 10.9. The largest absolute Gasteiger partial charge is 0.381 e. The fraction of sp³-hybridized carbons (Fsp3) is 0.254. The van der Waals surface area contributed by atoms with Crippen LogP contribution in [-0.4, -0.2) is 55.1 Å². The first-order valence-corrected chi connectivity index (χ1v) is 27.2. The summed E-state index contributed by atoms with van der Waals surface area (Å²) in [5.41, 5.74) is 16.7. The first-order valence-electron chi connectivity index (χ1n) is 27.2. The van der Waals surface area contributed by atoms with Crippen molar-refractivity contribution in [3.05, 3.63) is 195 Å². The first-order chi connectivity index (χ1) is 39.0. The number of hydrogen-bond donors (Lipinski definition) is 4. The van der Waals surface area contributed by atoms with Crippen LogP contribution in [-0.2, 0) is 0 Å². The van der Waals surface area contributed by atoms with Crippen molar-refractivity contribution in [2.45, 2.75) is 90.1 Å². The van der Waals surface area contributed by atoms with Gasteiger partial charge in [0.25, 0.3) is 22.9 Å². The zero-order chi connectivity index (χ0) is 55.3. The molecule has 400 valence electrons. The van der Waals surface area contributed by atoms with Gasteiger partial charge in [-0.05, 0) is 106 Å². The Kier molecular flexibility index (Phi) is 15.0. The number of benzene rings is 4. The number of carbonyl (C=O) groups excluding carboxylic acids is 2. The van der Waals surface area contributed by atoms with Crippen LogP contribution < -0.4 is 33.2 Å². The Hall–Kier alpha value is -9.87. The molecule has 0 saturated heterocycles. The molecule has 6 N–H and O–H groups in total. The zero-order valence-corrected chi connectivity index (χ0v) is 44.5. The summed E-state index contributed by atoms with van der Waals surface area (Å²) in [7, 11) is 0. The van der Waals surface area contributed by atoms with Gasteiger partial charge in [0.15, 0.2) is 22.9 Å². The number of para-hydroxylation sites is 2. The van der Waals surface area contributed by atoms with E-state index in [4.69, 9.17) is 16.5 Å². The molecule has 0 bridgehead atoms. The van der Waals surface area contributed by atoms with Crippen molar-refractivity contribution in [2.24, 2.45) is 11.8 Å². The molecule has 17 nitrogen and oxygen atoms in total. The molecule has 2 fully saturated rings. The third-order valence-electron chi connectivity index (χ3n) is 14.9. The highest BCUT2D eigenvalue weighted by Crippen LogP contribution is 2.28. The van der Waals surface area contributed by atoms with Crippen molar-refractivity contribution in [3.8, 4) is 35.1 Å². The number of pyridine rings is 1. The Morgan fingerprint density at radius 3 is 1.61 bits per heavy atom. The molecule has 0 radical (unpaired) electrons. The van der Waals surface area contributed by atoms with Crippen LogP contribution in [0.1, 0.15) is 134 Å². The predicted molar refractivity (Wildman–Crippen MR) is 310 cm³/mol. The van der Waals surface area contributed by atoms with Gasteiger partial charge in [-0.15, -0.1) is 10.2 Å². The summed E-state index contributed by atoms with van der Waals surface area (Å²) in [5.74, 6) is 13.9. The van der Waals surface area contributed by atoms with Gasteiger partial charge in [-0.3, -0.25) is 28.3 Å². The van der Waals surface area contributed by atoms with Gasteiger partial charge in [-0.2, -0.15) is 0 Å². The van der Waals surface area contributed by atoms with Crippen molar-refractivity contribution < 1.29 is 9.59 Å². The van der Waals surface area contributed by atoms with E-state index >= 15 is 0 Å². The Balaban J connectivity index is 0.000000169. The van der Waals surface area contributed by atoms with Crippen LogP contribution in [0.15, 0.2) is 150 Å². The van der Waals surface area contributed by atoms with Crippen LogP contribution in [0.2, 0.25) is 0 Å². The molecule has 2 atom stereocenters. The summed E-state index contributed by atoms with van der Waals surface area (Å²) in [6, 6.07) is 34.2. The molecule has 2 saturated carbocycles. The number of rotatable bonds is 8.